The Morgan fingerprint density at radius 1 is 1.35 bits per heavy atom. The van der Waals surface area contributed by atoms with Gasteiger partial charge < -0.3 is 25.0 Å². The number of phenolic OH excluding ortho intramolecular Hbond substituents is 2. The second-order valence-corrected chi connectivity index (χ2v) is 4.53. The molecule has 7 nitrogen and oxygen atoms in total. The van der Waals surface area contributed by atoms with Gasteiger partial charge in [-0.15, -0.1) is 0 Å². The Morgan fingerprint density at radius 2 is 2.10 bits per heavy atom. The molecular weight excluding hydrogens is 266 g/mol. The molecule has 0 radical (unpaired) electrons. The summed E-state index contributed by atoms with van der Waals surface area (Å²) in [6.07, 6.45) is -0.231. The summed E-state index contributed by atoms with van der Waals surface area (Å²) in [5, 5.41) is 27.9. The molecule has 0 aliphatic carbocycles. The standard InChI is InChI=1S/C13H15NO6/c15-9-1-2-11(16)10(6-9)13(19)14-3-4-20-7-8(14)5-12(17)18/h1-2,6,8,15-16H,3-5,7H2,(H,17,18). The number of hydrogen-bond acceptors (Lipinski definition) is 5. The number of carbonyl (C=O) groups is 2. The van der Waals surface area contributed by atoms with E-state index in [2.05, 4.69) is 0 Å². The first-order valence-electron chi connectivity index (χ1n) is 6.11. The van der Waals surface area contributed by atoms with Gasteiger partial charge in [0, 0.05) is 6.54 Å². The minimum absolute atomic E-state index is 0.0534. The Morgan fingerprint density at radius 3 is 2.80 bits per heavy atom. The first-order valence-corrected chi connectivity index (χ1v) is 6.11. The Hall–Kier alpha value is -2.28. The SMILES string of the molecule is O=C(O)CC1COCCN1C(=O)c1cc(O)ccc1O. The number of morpholine rings is 1. The molecule has 1 aromatic carbocycles. The molecule has 1 heterocycles. The largest absolute Gasteiger partial charge is 0.508 e. The zero-order valence-electron chi connectivity index (χ0n) is 10.7. The van der Waals surface area contributed by atoms with Crippen molar-refractivity contribution in [3.05, 3.63) is 23.8 Å². The highest BCUT2D eigenvalue weighted by atomic mass is 16.5. The van der Waals surface area contributed by atoms with Crippen molar-refractivity contribution in [1.82, 2.24) is 4.90 Å². The maximum Gasteiger partial charge on any atom is 0.305 e. The molecule has 1 fully saturated rings. The second-order valence-electron chi connectivity index (χ2n) is 4.53. The van der Waals surface area contributed by atoms with Gasteiger partial charge in [-0.3, -0.25) is 9.59 Å². The number of nitrogens with zero attached hydrogens (tertiary/aromatic N) is 1. The van der Waals surface area contributed by atoms with Crippen LogP contribution in [0.5, 0.6) is 11.5 Å². The van der Waals surface area contributed by atoms with Gasteiger partial charge in [-0.25, -0.2) is 0 Å². The van der Waals surface area contributed by atoms with Crippen LogP contribution in [-0.4, -0.2) is 57.9 Å². The molecule has 1 aromatic rings. The summed E-state index contributed by atoms with van der Waals surface area (Å²) in [7, 11) is 0. The van der Waals surface area contributed by atoms with E-state index in [-0.39, 0.29) is 36.6 Å². The van der Waals surface area contributed by atoms with E-state index >= 15 is 0 Å². The molecule has 1 saturated heterocycles. The van der Waals surface area contributed by atoms with Crippen LogP contribution in [0.25, 0.3) is 0 Å². The van der Waals surface area contributed by atoms with Crippen LogP contribution in [0.3, 0.4) is 0 Å². The van der Waals surface area contributed by atoms with Gasteiger partial charge in [0.1, 0.15) is 11.5 Å². The summed E-state index contributed by atoms with van der Waals surface area (Å²) in [6, 6.07) is 3.05. The molecule has 1 unspecified atom stereocenters. The van der Waals surface area contributed by atoms with E-state index in [9.17, 15) is 19.8 Å². The molecular formula is C13H15NO6. The number of carbonyl (C=O) groups excluding carboxylic acids is 1. The number of benzene rings is 1. The Bertz CT molecular complexity index is 530. The third-order valence-electron chi connectivity index (χ3n) is 3.11. The van der Waals surface area contributed by atoms with Gasteiger partial charge in [-0.2, -0.15) is 0 Å². The van der Waals surface area contributed by atoms with Crippen LogP contribution in [0, 0.1) is 0 Å². The maximum absolute atomic E-state index is 12.4. The zero-order chi connectivity index (χ0) is 14.7. The molecule has 0 spiro atoms. The lowest BCUT2D eigenvalue weighted by molar-refractivity contribution is -0.139. The number of carboxylic acids is 1. The van der Waals surface area contributed by atoms with Crippen LogP contribution >= 0.6 is 0 Å². The Labute approximate surface area is 115 Å². The minimum Gasteiger partial charge on any atom is -0.508 e. The Balaban J connectivity index is 2.25. The molecule has 108 valence electrons. The van der Waals surface area contributed by atoms with E-state index in [1.54, 1.807) is 0 Å². The number of aromatic hydroxyl groups is 2. The number of hydrogen-bond donors (Lipinski definition) is 3. The monoisotopic (exact) mass is 281 g/mol. The van der Waals surface area contributed by atoms with Crippen LogP contribution in [0.2, 0.25) is 0 Å². The lowest BCUT2D eigenvalue weighted by Crippen LogP contribution is -2.49. The summed E-state index contributed by atoms with van der Waals surface area (Å²) in [5.41, 5.74) is -0.0534. The normalized spacial score (nSPS) is 18.8. The molecule has 2 rings (SSSR count). The zero-order valence-corrected chi connectivity index (χ0v) is 10.7. The summed E-state index contributed by atoms with van der Waals surface area (Å²) < 4.78 is 5.18. The summed E-state index contributed by atoms with van der Waals surface area (Å²) >= 11 is 0. The fraction of sp³-hybridized carbons (Fsp3) is 0.385. The molecule has 0 aromatic heterocycles. The van der Waals surface area contributed by atoms with Gasteiger partial charge in [0.05, 0.1) is 31.2 Å². The van der Waals surface area contributed by atoms with Crippen LogP contribution < -0.4 is 0 Å². The maximum atomic E-state index is 12.4. The van der Waals surface area contributed by atoms with Crippen molar-refractivity contribution in [2.45, 2.75) is 12.5 Å². The van der Waals surface area contributed by atoms with E-state index in [0.29, 0.717) is 6.61 Å². The number of ether oxygens (including phenoxy) is 1. The smallest absolute Gasteiger partial charge is 0.305 e. The van der Waals surface area contributed by atoms with Crippen molar-refractivity contribution in [1.29, 1.82) is 0 Å². The second kappa shape index (κ2) is 5.79. The van der Waals surface area contributed by atoms with Crippen molar-refractivity contribution in [2.75, 3.05) is 19.8 Å². The third kappa shape index (κ3) is 3.00. The van der Waals surface area contributed by atoms with Gasteiger partial charge in [0.15, 0.2) is 0 Å². The van der Waals surface area contributed by atoms with Gasteiger partial charge in [0.2, 0.25) is 0 Å². The third-order valence-corrected chi connectivity index (χ3v) is 3.11. The van der Waals surface area contributed by atoms with Crippen molar-refractivity contribution in [3.63, 3.8) is 0 Å². The fourth-order valence-electron chi connectivity index (χ4n) is 2.14. The first kappa shape index (κ1) is 14.1. The molecule has 3 N–H and O–H groups in total. The van der Waals surface area contributed by atoms with E-state index in [1.165, 1.54) is 17.0 Å². The number of rotatable bonds is 3. The highest BCUT2D eigenvalue weighted by Crippen LogP contribution is 2.25. The average molecular weight is 281 g/mol. The lowest BCUT2D eigenvalue weighted by atomic mass is 10.1. The van der Waals surface area contributed by atoms with E-state index in [1.807, 2.05) is 0 Å². The van der Waals surface area contributed by atoms with Crippen molar-refractivity contribution in [2.24, 2.45) is 0 Å². The predicted molar refractivity (Wildman–Crippen MR) is 67.7 cm³/mol. The summed E-state index contributed by atoms with van der Waals surface area (Å²) in [4.78, 5) is 24.5. The van der Waals surface area contributed by atoms with Gasteiger partial charge in [-0.05, 0) is 18.2 Å². The quantitative estimate of drug-likeness (QED) is 0.693. The fourth-order valence-corrected chi connectivity index (χ4v) is 2.14. The molecule has 7 heteroatoms. The van der Waals surface area contributed by atoms with Crippen molar-refractivity contribution < 1.29 is 29.6 Å². The molecule has 0 bridgehead atoms. The summed E-state index contributed by atoms with van der Waals surface area (Å²) in [5.74, 6) is -1.95. The molecule has 20 heavy (non-hydrogen) atoms. The predicted octanol–water partition coefficient (Wildman–Crippen LogP) is 0.413. The van der Waals surface area contributed by atoms with E-state index < -0.39 is 17.9 Å². The summed E-state index contributed by atoms with van der Waals surface area (Å²) in [6.45, 7) is 0.685. The van der Waals surface area contributed by atoms with Gasteiger partial charge in [0.25, 0.3) is 5.91 Å². The lowest BCUT2D eigenvalue weighted by Gasteiger charge is -2.35. The molecule has 1 aliphatic rings. The molecule has 1 atom stereocenters. The van der Waals surface area contributed by atoms with Crippen LogP contribution in [0.15, 0.2) is 18.2 Å². The number of aliphatic carboxylic acids is 1. The topological polar surface area (TPSA) is 107 Å². The number of phenols is 2. The highest BCUT2D eigenvalue weighted by Gasteiger charge is 2.31. The highest BCUT2D eigenvalue weighted by molar-refractivity contribution is 5.97. The number of carboxylic acid groups (broad SMARTS) is 1. The average Bonchev–Trinajstić information content (AvgIpc) is 2.41. The Kier molecular flexibility index (Phi) is 4.09. The molecule has 1 amide bonds. The van der Waals surface area contributed by atoms with Crippen molar-refractivity contribution >= 4 is 11.9 Å². The van der Waals surface area contributed by atoms with Crippen LogP contribution in [-0.2, 0) is 9.53 Å². The molecule has 1 aliphatic heterocycles. The van der Waals surface area contributed by atoms with Crippen molar-refractivity contribution in [3.8, 4) is 11.5 Å². The van der Waals surface area contributed by atoms with Gasteiger partial charge >= 0.3 is 5.97 Å². The van der Waals surface area contributed by atoms with E-state index in [4.69, 9.17) is 9.84 Å². The first-order chi connectivity index (χ1) is 9.49. The minimum atomic E-state index is -1.03. The van der Waals surface area contributed by atoms with Crippen LogP contribution in [0.4, 0.5) is 0 Å². The molecule has 0 saturated carbocycles. The van der Waals surface area contributed by atoms with Gasteiger partial charge in [-0.1, -0.05) is 0 Å². The van der Waals surface area contributed by atoms with E-state index in [0.717, 1.165) is 6.07 Å². The number of amides is 1. The van der Waals surface area contributed by atoms with Crippen LogP contribution in [0.1, 0.15) is 16.8 Å².